The van der Waals surface area contributed by atoms with E-state index in [-0.39, 0.29) is 41.8 Å². The van der Waals surface area contributed by atoms with Gasteiger partial charge in [0.2, 0.25) is 0 Å². The zero-order valence-electron chi connectivity index (χ0n) is 15.5. The van der Waals surface area contributed by atoms with Crippen molar-refractivity contribution in [2.24, 2.45) is 16.8 Å². The summed E-state index contributed by atoms with van der Waals surface area (Å²) in [5.41, 5.74) is 1.13. The molecule has 0 amide bonds. The third-order valence-corrected chi connectivity index (χ3v) is 4.35. The number of nitrogens with zero attached hydrogens (tertiary/aromatic N) is 4. The van der Waals surface area contributed by atoms with Gasteiger partial charge in [0.05, 0.1) is 13.0 Å². The summed E-state index contributed by atoms with van der Waals surface area (Å²) < 4.78 is 4.89. The van der Waals surface area contributed by atoms with Crippen molar-refractivity contribution >= 4 is 41.7 Å². The lowest BCUT2D eigenvalue weighted by Gasteiger charge is -2.22. The number of likely N-dealkylation sites (tertiary alicyclic amines) is 1. The van der Waals surface area contributed by atoms with Crippen LogP contribution >= 0.6 is 24.0 Å². The molecule has 140 valence electrons. The molecule has 2 heterocycles. The first kappa shape index (κ1) is 21.5. The maximum atomic E-state index is 11.8. The standard InChI is InChI=1S/C17H27N5O2.HI/c1-12-10-22(11-14(12)16(23)24-5)17(18-2)20-9-13-6-7-19-15(8-13)21(3)4;/h6-8,12,14H,9-11H2,1-5H3,(H,18,20);1H. The van der Waals surface area contributed by atoms with E-state index in [4.69, 9.17) is 4.74 Å². The smallest absolute Gasteiger partial charge is 0.310 e. The van der Waals surface area contributed by atoms with E-state index in [9.17, 15) is 4.79 Å². The van der Waals surface area contributed by atoms with Gasteiger partial charge in [0.1, 0.15) is 5.82 Å². The summed E-state index contributed by atoms with van der Waals surface area (Å²) in [4.78, 5) is 24.6. The Bertz CT molecular complexity index is 608. The molecule has 0 radical (unpaired) electrons. The number of rotatable bonds is 4. The highest BCUT2D eigenvalue weighted by Gasteiger charge is 2.36. The number of hydrogen-bond acceptors (Lipinski definition) is 5. The molecule has 0 aromatic carbocycles. The van der Waals surface area contributed by atoms with Crippen LogP contribution < -0.4 is 10.2 Å². The SMILES string of the molecule is CN=C(NCc1ccnc(N(C)C)c1)N1CC(C)C(C(=O)OC)C1.I. The number of carbonyl (C=O) groups is 1. The van der Waals surface area contributed by atoms with Crippen LogP contribution in [-0.2, 0) is 16.1 Å². The number of pyridine rings is 1. The Hall–Kier alpha value is -1.58. The first-order chi connectivity index (χ1) is 11.5. The van der Waals surface area contributed by atoms with Crippen LogP contribution in [0.2, 0.25) is 0 Å². The van der Waals surface area contributed by atoms with Crippen molar-refractivity contribution in [3.05, 3.63) is 23.9 Å². The van der Waals surface area contributed by atoms with Crippen LogP contribution in [0, 0.1) is 11.8 Å². The van der Waals surface area contributed by atoms with Crippen molar-refractivity contribution in [3.63, 3.8) is 0 Å². The summed E-state index contributed by atoms with van der Waals surface area (Å²) in [7, 11) is 7.14. The van der Waals surface area contributed by atoms with E-state index < -0.39 is 0 Å². The van der Waals surface area contributed by atoms with Crippen molar-refractivity contribution < 1.29 is 9.53 Å². The average molecular weight is 461 g/mol. The lowest BCUT2D eigenvalue weighted by molar-refractivity contribution is -0.145. The predicted octanol–water partition coefficient (Wildman–Crippen LogP) is 1.58. The number of halogens is 1. The number of nitrogens with one attached hydrogen (secondary N) is 1. The molecule has 0 saturated carbocycles. The van der Waals surface area contributed by atoms with Crippen LogP contribution in [0.3, 0.4) is 0 Å². The lowest BCUT2D eigenvalue weighted by atomic mass is 9.99. The third-order valence-electron chi connectivity index (χ3n) is 4.35. The summed E-state index contributed by atoms with van der Waals surface area (Å²) in [6, 6.07) is 4.03. The van der Waals surface area contributed by atoms with Gasteiger partial charge < -0.3 is 19.9 Å². The predicted molar refractivity (Wildman–Crippen MR) is 110 cm³/mol. The number of methoxy groups -OCH3 is 1. The molecule has 1 aliphatic heterocycles. The second-order valence-corrected chi connectivity index (χ2v) is 6.33. The number of aromatic nitrogens is 1. The van der Waals surface area contributed by atoms with Gasteiger partial charge in [-0.05, 0) is 23.6 Å². The zero-order valence-corrected chi connectivity index (χ0v) is 17.9. The number of hydrogen-bond donors (Lipinski definition) is 1. The normalized spacial score (nSPS) is 20.0. The molecule has 0 spiro atoms. The Labute approximate surface area is 166 Å². The van der Waals surface area contributed by atoms with Gasteiger partial charge in [0.15, 0.2) is 5.96 Å². The van der Waals surface area contributed by atoms with E-state index in [0.29, 0.717) is 13.1 Å². The van der Waals surface area contributed by atoms with Crippen LogP contribution in [0.5, 0.6) is 0 Å². The molecule has 2 unspecified atom stereocenters. The minimum absolute atomic E-state index is 0. The van der Waals surface area contributed by atoms with E-state index in [1.54, 1.807) is 13.2 Å². The Morgan fingerprint density at radius 1 is 1.48 bits per heavy atom. The Morgan fingerprint density at radius 2 is 2.20 bits per heavy atom. The van der Waals surface area contributed by atoms with Crippen LogP contribution in [0.4, 0.5) is 5.82 Å². The molecule has 7 nitrogen and oxygen atoms in total. The molecule has 25 heavy (non-hydrogen) atoms. The zero-order chi connectivity index (χ0) is 17.7. The highest BCUT2D eigenvalue weighted by atomic mass is 127. The number of carbonyl (C=O) groups excluding carboxylic acids is 1. The average Bonchev–Trinajstić information content (AvgIpc) is 2.96. The molecule has 1 saturated heterocycles. The molecule has 0 aliphatic carbocycles. The maximum Gasteiger partial charge on any atom is 0.310 e. The van der Waals surface area contributed by atoms with Crippen LogP contribution in [-0.4, -0.2) is 63.2 Å². The molecule has 1 fully saturated rings. The van der Waals surface area contributed by atoms with Crippen LogP contribution in [0.1, 0.15) is 12.5 Å². The van der Waals surface area contributed by atoms with Gasteiger partial charge in [-0.3, -0.25) is 9.79 Å². The molecular weight excluding hydrogens is 433 g/mol. The summed E-state index contributed by atoms with van der Waals surface area (Å²) in [6.45, 7) is 4.15. The monoisotopic (exact) mass is 461 g/mol. The first-order valence-corrected chi connectivity index (χ1v) is 8.12. The topological polar surface area (TPSA) is 70.1 Å². The summed E-state index contributed by atoms with van der Waals surface area (Å²) in [5, 5.41) is 3.37. The lowest BCUT2D eigenvalue weighted by Crippen LogP contribution is -2.40. The van der Waals surface area contributed by atoms with Crippen molar-refractivity contribution in [2.45, 2.75) is 13.5 Å². The minimum atomic E-state index is -0.148. The van der Waals surface area contributed by atoms with Crippen LogP contribution in [0.15, 0.2) is 23.3 Å². The van der Waals surface area contributed by atoms with E-state index in [1.165, 1.54) is 7.11 Å². The van der Waals surface area contributed by atoms with Crippen molar-refractivity contribution in [3.8, 4) is 0 Å². The minimum Gasteiger partial charge on any atom is -0.469 e. The Morgan fingerprint density at radius 3 is 2.80 bits per heavy atom. The number of guanidine groups is 1. The van der Waals surface area contributed by atoms with Gasteiger partial charge in [0, 0.05) is 47.0 Å². The third kappa shape index (κ3) is 5.45. The molecule has 1 aromatic rings. The Balaban J connectivity index is 0.00000312. The quantitative estimate of drug-likeness (QED) is 0.318. The molecule has 1 N–H and O–H groups in total. The number of esters is 1. The second-order valence-electron chi connectivity index (χ2n) is 6.33. The molecule has 2 rings (SSSR count). The highest BCUT2D eigenvalue weighted by molar-refractivity contribution is 14.0. The van der Waals surface area contributed by atoms with E-state index in [0.717, 1.165) is 23.9 Å². The largest absolute Gasteiger partial charge is 0.469 e. The summed E-state index contributed by atoms with van der Waals surface area (Å²) in [6.07, 6.45) is 1.81. The molecule has 2 atom stereocenters. The number of anilines is 1. The fourth-order valence-electron chi connectivity index (χ4n) is 2.93. The maximum absolute atomic E-state index is 11.8. The van der Waals surface area contributed by atoms with E-state index >= 15 is 0 Å². The molecule has 1 aromatic heterocycles. The van der Waals surface area contributed by atoms with Gasteiger partial charge >= 0.3 is 5.97 Å². The van der Waals surface area contributed by atoms with Crippen molar-refractivity contribution in [2.75, 3.05) is 46.2 Å². The van der Waals surface area contributed by atoms with Gasteiger partial charge in [-0.2, -0.15) is 0 Å². The van der Waals surface area contributed by atoms with E-state index in [1.807, 2.05) is 31.1 Å². The molecule has 8 heteroatoms. The van der Waals surface area contributed by atoms with Gasteiger partial charge in [0.25, 0.3) is 0 Å². The van der Waals surface area contributed by atoms with Gasteiger partial charge in [-0.25, -0.2) is 4.98 Å². The fraction of sp³-hybridized carbons (Fsp3) is 0.588. The summed E-state index contributed by atoms with van der Waals surface area (Å²) >= 11 is 0. The van der Waals surface area contributed by atoms with Crippen molar-refractivity contribution in [1.29, 1.82) is 0 Å². The first-order valence-electron chi connectivity index (χ1n) is 8.12. The Kier molecular flexibility index (Phi) is 8.40. The van der Waals surface area contributed by atoms with E-state index in [2.05, 4.69) is 27.1 Å². The summed E-state index contributed by atoms with van der Waals surface area (Å²) in [5.74, 6) is 1.72. The molecule has 0 bridgehead atoms. The second kappa shape index (κ2) is 9.79. The highest BCUT2D eigenvalue weighted by Crippen LogP contribution is 2.24. The molecular formula is C17H28IN5O2. The molecule has 1 aliphatic rings. The number of ether oxygens (including phenoxy) is 1. The van der Waals surface area contributed by atoms with Gasteiger partial charge in [-0.15, -0.1) is 24.0 Å². The van der Waals surface area contributed by atoms with Crippen LogP contribution in [0.25, 0.3) is 0 Å². The van der Waals surface area contributed by atoms with Gasteiger partial charge in [-0.1, -0.05) is 6.92 Å². The fourth-order valence-corrected chi connectivity index (χ4v) is 2.93. The number of aliphatic imine (C=N–C) groups is 1. The van der Waals surface area contributed by atoms with Crippen molar-refractivity contribution in [1.82, 2.24) is 15.2 Å².